The van der Waals surface area contributed by atoms with Gasteiger partial charge in [0.25, 0.3) is 0 Å². The Labute approximate surface area is 127 Å². The Balaban J connectivity index is 4.57. The van der Waals surface area contributed by atoms with Crippen LogP contribution in [0.3, 0.4) is 0 Å². The minimum absolute atomic E-state index is 0.0327. The molecule has 0 heterocycles. The molecule has 0 saturated carbocycles. The van der Waals surface area contributed by atoms with Gasteiger partial charge in [-0.15, -0.1) is 0 Å². The van der Waals surface area contributed by atoms with E-state index in [9.17, 15) is 9.59 Å². The van der Waals surface area contributed by atoms with E-state index in [2.05, 4.69) is 13.8 Å². The lowest BCUT2D eigenvalue weighted by Crippen LogP contribution is -2.40. The minimum atomic E-state index is -0.393. The first-order valence-electron chi connectivity index (χ1n) is 7.56. The first-order chi connectivity index (χ1) is 9.94. The van der Waals surface area contributed by atoms with Gasteiger partial charge in [-0.05, 0) is 31.7 Å². The third-order valence-electron chi connectivity index (χ3n) is 3.14. The number of amides is 1. The van der Waals surface area contributed by atoms with Crippen molar-refractivity contribution >= 4 is 11.9 Å². The predicted octanol–water partition coefficient (Wildman–Crippen LogP) is 1.04. The molecule has 0 fully saturated rings. The summed E-state index contributed by atoms with van der Waals surface area (Å²) in [6.07, 6.45) is 1.26. The van der Waals surface area contributed by atoms with Gasteiger partial charge in [0.1, 0.15) is 6.54 Å². The summed E-state index contributed by atoms with van der Waals surface area (Å²) in [5, 5.41) is 0. The summed E-state index contributed by atoms with van der Waals surface area (Å²) in [6.45, 7) is 7.48. The normalized spacial score (nSPS) is 12.3. The van der Waals surface area contributed by atoms with E-state index in [1.165, 1.54) is 4.90 Å². The second kappa shape index (κ2) is 11.5. The van der Waals surface area contributed by atoms with Crippen molar-refractivity contribution in [3.05, 3.63) is 0 Å². The van der Waals surface area contributed by atoms with Gasteiger partial charge in [-0.2, -0.15) is 0 Å². The highest BCUT2D eigenvalue weighted by atomic mass is 16.5. The Morgan fingerprint density at radius 3 is 2.43 bits per heavy atom. The van der Waals surface area contributed by atoms with Crippen LogP contribution < -0.4 is 5.73 Å². The van der Waals surface area contributed by atoms with E-state index in [1.54, 1.807) is 14.0 Å². The van der Waals surface area contributed by atoms with Gasteiger partial charge in [-0.3, -0.25) is 9.59 Å². The zero-order valence-corrected chi connectivity index (χ0v) is 13.8. The molecule has 0 spiro atoms. The molecule has 0 aromatic heterocycles. The van der Waals surface area contributed by atoms with E-state index in [1.807, 2.05) is 0 Å². The van der Waals surface area contributed by atoms with Gasteiger partial charge in [0.2, 0.25) is 5.91 Å². The van der Waals surface area contributed by atoms with Crippen LogP contribution >= 0.6 is 0 Å². The number of rotatable bonds is 11. The highest BCUT2D eigenvalue weighted by Crippen LogP contribution is 2.15. The van der Waals surface area contributed by atoms with Gasteiger partial charge in [-0.1, -0.05) is 13.8 Å². The average molecular weight is 302 g/mol. The molecule has 6 heteroatoms. The number of hydrogen-bond donors (Lipinski definition) is 1. The summed E-state index contributed by atoms with van der Waals surface area (Å²) < 4.78 is 9.89. The van der Waals surface area contributed by atoms with Gasteiger partial charge >= 0.3 is 5.97 Å². The number of carbonyl (C=O) groups is 2. The van der Waals surface area contributed by atoms with Crippen molar-refractivity contribution < 1.29 is 19.1 Å². The summed E-state index contributed by atoms with van der Waals surface area (Å²) >= 11 is 0. The lowest BCUT2D eigenvalue weighted by atomic mass is 9.94. The summed E-state index contributed by atoms with van der Waals surface area (Å²) in [5.41, 5.74) is 5.73. The molecule has 0 aliphatic carbocycles. The summed E-state index contributed by atoms with van der Waals surface area (Å²) in [6, 6.07) is 0. The number of methoxy groups -OCH3 is 1. The van der Waals surface area contributed by atoms with E-state index in [-0.39, 0.29) is 18.4 Å². The van der Waals surface area contributed by atoms with E-state index >= 15 is 0 Å². The van der Waals surface area contributed by atoms with E-state index < -0.39 is 5.97 Å². The minimum Gasteiger partial charge on any atom is -0.465 e. The number of hydrogen-bond acceptors (Lipinski definition) is 5. The van der Waals surface area contributed by atoms with Crippen molar-refractivity contribution in [1.82, 2.24) is 4.90 Å². The Hall–Kier alpha value is -1.14. The van der Waals surface area contributed by atoms with Crippen molar-refractivity contribution in [2.45, 2.75) is 33.6 Å². The Morgan fingerprint density at radius 1 is 1.29 bits per heavy atom. The van der Waals surface area contributed by atoms with Gasteiger partial charge in [0, 0.05) is 20.1 Å². The molecule has 0 aromatic carbocycles. The molecule has 0 bridgehead atoms. The van der Waals surface area contributed by atoms with Crippen LogP contribution in [0.25, 0.3) is 0 Å². The number of esters is 1. The van der Waals surface area contributed by atoms with Crippen molar-refractivity contribution in [3.8, 4) is 0 Å². The fourth-order valence-corrected chi connectivity index (χ4v) is 2.16. The monoisotopic (exact) mass is 302 g/mol. The lowest BCUT2D eigenvalue weighted by Gasteiger charge is -2.24. The Bertz CT molecular complexity index is 308. The zero-order valence-electron chi connectivity index (χ0n) is 13.8. The molecule has 1 atom stereocenters. The molecule has 124 valence electrons. The molecule has 21 heavy (non-hydrogen) atoms. The van der Waals surface area contributed by atoms with Crippen molar-refractivity contribution in [2.24, 2.45) is 17.6 Å². The molecule has 2 N–H and O–H groups in total. The topological polar surface area (TPSA) is 81.9 Å². The fraction of sp³-hybridized carbons (Fsp3) is 0.867. The van der Waals surface area contributed by atoms with Crippen LogP contribution in [-0.2, 0) is 19.1 Å². The molecule has 1 unspecified atom stereocenters. The first-order valence-corrected chi connectivity index (χ1v) is 7.56. The van der Waals surface area contributed by atoms with E-state index in [0.29, 0.717) is 38.6 Å². The van der Waals surface area contributed by atoms with Crippen LogP contribution in [0.5, 0.6) is 0 Å². The van der Waals surface area contributed by atoms with Crippen LogP contribution in [0, 0.1) is 11.8 Å². The van der Waals surface area contributed by atoms with Gasteiger partial charge in [-0.25, -0.2) is 0 Å². The molecule has 0 aliphatic heterocycles. The second-order valence-corrected chi connectivity index (χ2v) is 5.55. The van der Waals surface area contributed by atoms with Crippen molar-refractivity contribution in [2.75, 3.05) is 40.0 Å². The number of ether oxygens (including phenoxy) is 2. The quantitative estimate of drug-likeness (QED) is 0.577. The van der Waals surface area contributed by atoms with Crippen molar-refractivity contribution in [1.29, 1.82) is 0 Å². The zero-order chi connectivity index (χ0) is 16.3. The molecule has 0 rings (SSSR count). The highest BCUT2D eigenvalue weighted by Gasteiger charge is 2.21. The SMILES string of the molecule is CCOC(=O)CN(CCOC)C(=O)CC(CN)CC(C)C. The Morgan fingerprint density at radius 2 is 1.95 bits per heavy atom. The fourth-order valence-electron chi connectivity index (χ4n) is 2.16. The smallest absolute Gasteiger partial charge is 0.325 e. The van der Waals surface area contributed by atoms with Crippen LogP contribution in [0.2, 0.25) is 0 Å². The third-order valence-corrected chi connectivity index (χ3v) is 3.14. The molecule has 0 radical (unpaired) electrons. The van der Waals surface area contributed by atoms with E-state index in [0.717, 1.165) is 6.42 Å². The Kier molecular flexibility index (Phi) is 10.9. The maximum atomic E-state index is 12.3. The molecule has 6 nitrogen and oxygen atoms in total. The summed E-state index contributed by atoms with van der Waals surface area (Å²) in [7, 11) is 1.56. The number of nitrogens with zero attached hydrogens (tertiary/aromatic N) is 1. The van der Waals surface area contributed by atoms with Crippen molar-refractivity contribution in [3.63, 3.8) is 0 Å². The van der Waals surface area contributed by atoms with Gasteiger partial charge < -0.3 is 20.1 Å². The third kappa shape index (κ3) is 9.42. The summed E-state index contributed by atoms with van der Waals surface area (Å²) in [4.78, 5) is 25.4. The highest BCUT2D eigenvalue weighted by molar-refractivity contribution is 5.82. The summed E-state index contributed by atoms with van der Waals surface area (Å²) in [5.74, 6) is 0.167. The maximum Gasteiger partial charge on any atom is 0.325 e. The van der Waals surface area contributed by atoms with Crippen LogP contribution in [0.15, 0.2) is 0 Å². The molecule has 0 saturated heterocycles. The average Bonchev–Trinajstić information content (AvgIpc) is 2.42. The maximum absolute atomic E-state index is 12.3. The molecule has 1 amide bonds. The van der Waals surface area contributed by atoms with Gasteiger partial charge in [0.15, 0.2) is 0 Å². The van der Waals surface area contributed by atoms with E-state index in [4.69, 9.17) is 15.2 Å². The van der Waals surface area contributed by atoms with Gasteiger partial charge in [0.05, 0.1) is 13.2 Å². The van der Waals surface area contributed by atoms with Crippen LogP contribution in [0.1, 0.15) is 33.6 Å². The first kappa shape index (κ1) is 19.9. The molecular weight excluding hydrogens is 272 g/mol. The van der Waals surface area contributed by atoms with Crippen LogP contribution in [0.4, 0.5) is 0 Å². The standard InChI is InChI=1S/C15H30N2O4/c1-5-21-15(19)11-17(6-7-20-4)14(18)9-13(10-16)8-12(2)3/h12-13H,5-11,16H2,1-4H3. The lowest BCUT2D eigenvalue weighted by molar-refractivity contribution is -0.149. The number of carbonyl (C=O) groups excluding carboxylic acids is 2. The van der Waals surface area contributed by atoms with Crippen LogP contribution in [-0.4, -0.2) is 56.7 Å². The molecule has 0 aliphatic rings. The molecule has 0 aromatic rings. The largest absolute Gasteiger partial charge is 0.465 e. The second-order valence-electron chi connectivity index (χ2n) is 5.55. The predicted molar refractivity (Wildman–Crippen MR) is 81.7 cm³/mol. The number of nitrogens with two attached hydrogens (primary N) is 1. The molecular formula is C15H30N2O4.